The van der Waals surface area contributed by atoms with Gasteiger partial charge in [0.05, 0.1) is 12.2 Å². The third-order valence-electron chi connectivity index (χ3n) is 3.26. The molecule has 1 fully saturated rings. The lowest BCUT2D eigenvalue weighted by Crippen LogP contribution is -2.32. The monoisotopic (exact) mass is 263 g/mol. The second kappa shape index (κ2) is 5.84. The molecule has 0 aliphatic carbocycles. The van der Waals surface area contributed by atoms with Crippen molar-refractivity contribution >= 4 is 11.9 Å². The number of rotatable bonds is 4. The molecule has 2 rings (SSSR count). The van der Waals surface area contributed by atoms with Crippen LogP contribution in [-0.4, -0.2) is 48.7 Å². The van der Waals surface area contributed by atoms with E-state index in [9.17, 15) is 9.59 Å². The minimum atomic E-state index is -1.03. The summed E-state index contributed by atoms with van der Waals surface area (Å²) in [5.74, 6) is -0.812. The smallest absolute Gasteiger partial charge is 0.335 e. The zero-order valence-electron chi connectivity index (χ0n) is 10.8. The quantitative estimate of drug-likeness (QED) is 0.893. The number of hydrogen-bond acceptors (Lipinski definition) is 3. The molecular formula is C14H17NO4. The molecule has 1 N–H and O–H groups in total. The highest BCUT2D eigenvalue weighted by Crippen LogP contribution is 2.15. The molecule has 1 aromatic rings. The van der Waals surface area contributed by atoms with Crippen LogP contribution in [0.2, 0.25) is 0 Å². The van der Waals surface area contributed by atoms with Crippen molar-refractivity contribution in [3.05, 3.63) is 35.4 Å². The van der Waals surface area contributed by atoms with Gasteiger partial charge >= 0.3 is 5.97 Å². The molecule has 0 unspecified atom stereocenters. The van der Waals surface area contributed by atoms with E-state index in [4.69, 9.17) is 9.84 Å². The predicted molar refractivity (Wildman–Crippen MR) is 69.3 cm³/mol. The molecule has 0 radical (unpaired) electrons. The third-order valence-corrected chi connectivity index (χ3v) is 3.26. The Hall–Kier alpha value is -1.88. The van der Waals surface area contributed by atoms with Crippen LogP contribution in [0.5, 0.6) is 0 Å². The first-order chi connectivity index (χ1) is 9.08. The molecule has 0 aromatic heterocycles. The summed E-state index contributed by atoms with van der Waals surface area (Å²) in [5, 5.41) is 8.92. The molecule has 5 nitrogen and oxygen atoms in total. The van der Waals surface area contributed by atoms with Crippen LogP contribution in [0.25, 0.3) is 0 Å². The molecule has 0 saturated carbocycles. The van der Waals surface area contributed by atoms with E-state index in [0.29, 0.717) is 24.6 Å². The standard InChI is InChI=1S/C14H17NO4/c1-15(8-10-5-6-19-9-10)13(16)11-3-2-4-12(7-11)14(17)18/h2-4,7,10H,5-6,8-9H2,1H3,(H,17,18)/t10-/m1/s1. The minimum absolute atomic E-state index is 0.128. The van der Waals surface area contributed by atoms with Gasteiger partial charge in [0.2, 0.25) is 0 Å². The van der Waals surface area contributed by atoms with Gasteiger partial charge in [-0.05, 0) is 24.6 Å². The number of carboxylic acids is 1. The minimum Gasteiger partial charge on any atom is -0.478 e. The highest BCUT2D eigenvalue weighted by molar-refractivity contribution is 5.97. The van der Waals surface area contributed by atoms with Gasteiger partial charge in [-0.1, -0.05) is 6.07 Å². The van der Waals surface area contributed by atoms with E-state index in [1.54, 1.807) is 24.1 Å². The summed E-state index contributed by atoms with van der Waals surface area (Å²) in [4.78, 5) is 24.7. The van der Waals surface area contributed by atoms with Crippen molar-refractivity contribution < 1.29 is 19.4 Å². The number of amides is 1. The van der Waals surface area contributed by atoms with Gasteiger partial charge in [-0.25, -0.2) is 4.79 Å². The fourth-order valence-electron chi connectivity index (χ4n) is 2.20. The molecule has 1 aromatic carbocycles. The summed E-state index contributed by atoms with van der Waals surface area (Å²) in [7, 11) is 1.73. The summed E-state index contributed by atoms with van der Waals surface area (Å²) in [6.07, 6.45) is 0.965. The molecule has 0 spiro atoms. The van der Waals surface area contributed by atoms with Crippen LogP contribution >= 0.6 is 0 Å². The Kier molecular flexibility index (Phi) is 4.16. The maximum absolute atomic E-state index is 12.2. The van der Waals surface area contributed by atoms with E-state index in [1.165, 1.54) is 12.1 Å². The largest absolute Gasteiger partial charge is 0.478 e. The van der Waals surface area contributed by atoms with Crippen LogP contribution in [0.3, 0.4) is 0 Å². The molecule has 1 aliphatic rings. The van der Waals surface area contributed by atoms with Crippen molar-refractivity contribution in [1.82, 2.24) is 4.90 Å². The van der Waals surface area contributed by atoms with Crippen molar-refractivity contribution in [2.45, 2.75) is 6.42 Å². The molecule has 1 amide bonds. The molecule has 1 saturated heterocycles. The van der Waals surface area contributed by atoms with Crippen molar-refractivity contribution in [2.24, 2.45) is 5.92 Å². The van der Waals surface area contributed by atoms with E-state index < -0.39 is 5.97 Å². The van der Waals surface area contributed by atoms with Crippen molar-refractivity contribution in [3.8, 4) is 0 Å². The lowest BCUT2D eigenvalue weighted by molar-refractivity contribution is 0.0697. The normalized spacial score (nSPS) is 18.3. The first-order valence-corrected chi connectivity index (χ1v) is 6.24. The Morgan fingerprint density at radius 3 is 2.79 bits per heavy atom. The first-order valence-electron chi connectivity index (χ1n) is 6.24. The van der Waals surface area contributed by atoms with Gasteiger partial charge in [-0.2, -0.15) is 0 Å². The van der Waals surface area contributed by atoms with Crippen molar-refractivity contribution in [1.29, 1.82) is 0 Å². The molecule has 1 aliphatic heterocycles. The zero-order valence-corrected chi connectivity index (χ0v) is 10.8. The van der Waals surface area contributed by atoms with Gasteiger partial charge in [-0.3, -0.25) is 4.79 Å². The fourth-order valence-corrected chi connectivity index (χ4v) is 2.20. The number of benzene rings is 1. The Bertz CT molecular complexity index is 480. The molecule has 19 heavy (non-hydrogen) atoms. The van der Waals surface area contributed by atoms with Crippen LogP contribution in [-0.2, 0) is 4.74 Å². The van der Waals surface area contributed by atoms with Crippen molar-refractivity contribution in [3.63, 3.8) is 0 Å². The van der Waals surface area contributed by atoms with Gasteiger partial charge in [0, 0.05) is 31.7 Å². The number of hydrogen-bond donors (Lipinski definition) is 1. The maximum atomic E-state index is 12.2. The van der Waals surface area contributed by atoms with Crippen molar-refractivity contribution in [2.75, 3.05) is 26.8 Å². The van der Waals surface area contributed by atoms with E-state index in [-0.39, 0.29) is 11.5 Å². The van der Waals surface area contributed by atoms with Crippen LogP contribution in [0.15, 0.2) is 24.3 Å². The van der Waals surface area contributed by atoms with Crippen LogP contribution in [0.1, 0.15) is 27.1 Å². The number of carbonyl (C=O) groups is 2. The number of carboxylic acid groups (broad SMARTS) is 1. The Morgan fingerprint density at radius 1 is 1.42 bits per heavy atom. The molecule has 5 heteroatoms. The molecule has 1 heterocycles. The maximum Gasteiger partial charge on any atom is 0.335 e. The van der Waals surface area contributed by atoms with Gasteiger partial charge in [0.25, 0.3) is 5.91 Å². The third kappa shape index (κ3) is 3.32. The summed E-state index contributed by atoms with van der Waals surface area (Å²) in [6.45, 7) is 2.07. The Morgan fingerprint density at radius 2 is 2.16 bits per heavy atom. The van der Waals surface area contributed by atoms with Crippen LogP contribution < -0.4 is 0 Å². The Balaban J connectivity index is 2.05. The molecule has 102 valence electrons. The van der Waals surface area contributed by atoms with Gasteiger partial charge in [-0.15, -0.1) is 0 Å². The molecular weight excluding hydrogens is 246 g/mol. The van der Waals surface area contributed by atoms with Gasteiger partial charge in [0.15, 0.2) is 0 Å². The topological polar surface area (TPSA) is 66.8 Å². The molecule has 1 atom stereocenters. The van der Waals surface area contributed by atoms with E-state index in [0.717, 1.165) is 13.0 Å². The SMILES string of the molecule is CN(C[C@H]1CCOC1)C(=O)c1cccc(C(=O)O)c1. The van der Waals surface area contributed by atoms with Crippen LogP contribution in [0, 0.1) is 5.92 Å². The number of ether oxygens (including phenoxy) is 1. The number of carbonyl (C=O) groups excluding carboxylic acids is 1. The summed E-state index contributed by atoms with van der Waals surface area (Å²) < 4.78 is 5.28. The second-order valence-corrected chi connectivity index (χ2v) is 4.80. The second-order valence-electron chi connectivity index (χ2n) is 4.80. The van der Waals surface area contributed by atoms with E-state index >= 15 is 0 Å². The van der Waals surface area contributed by atoms with Gasteiger partial charge < -0.3 is 14.7 Å². The fraction of sp³-hybridized carbons (Fsp3) is 0.429. The summed E-state index contributed by atoms with van der Waals surface area (Å²) in [5.41, 5.74) is 0.532. The summed E-state index contributed by atoms with van der Waals surface area (Å²) >= 11 is 0. The highest BCUT2D eigenvalue weighted by Gasteiger charge is 2.21. The number of aromatic carboxylic acids is 1. The van der Waals surface area contributed by atoms with E-state index in [1.807, 2.05) is 0 Å². The molecule has 0 bridgehead atoms. The Labute approximate surface area is 111 Å². The predicted octanol–water partition coefficient (Wildman–Crippen LogP) is 1.49. The van der Waals surface area contributed by atoms with Gasteiger partial charge in [0.1, 0.15) is 0 Å². The highest BCUT2D eigenvalue weighted by atomic mass is 16.5. The first kappa shape index (κ1) is 13.5. The zero-order chi connectivity index (χ0) is 13.8. The van der Waals surface area contributed by atoms with E-state index in [2.05, 4.69) is 0 Å². The van der Waals surface area contributed by atoms with Crippen LogP contribution in [0.4, 0.5) is 0 Å². The lowest BCUT2D eigenvalue weighted by atomic mass is 10.1. The number of nitrogens with zero attached hydrogens (tertiary/aromatic N) is 1. The average molecular weight is 263 g/mol. The summed E-state index contributed by atoms with van der Waals surface area (Å²) in [6, 6.07) is 6.11. The average Bonchev–Trinajstić information content (AvgIpc) is 2.90. The lowest BCUT2D eigenvalue weighted by Gasteiger charge is -2.20.